The summed E-state index contributed by atoms with van der Waals surface area (Å²) in [4.78, 5) is 43.5. The van der Waals surface area contributed by atoms with Gasteiger partial charge >= 0.3 is 0 Å². The third kappa shape index (κ3) is 4.71. The molecular formula is C22H31N3O4. The summed E-state index contributed by atoms with van der Waals surface area (Å²) in [6.07, 6.45) is 0.642. The van der Waals surface area contributed by atoms with Gasteiger partial charge in [-0.15, -0.1) is 0 Å². The third-order valence-electron chi connectivity index (χ3n) is 5.86. The van der Waals surface area contributed by atoms with Crippen molar-refractivity contribution in [2.45, 2.75) is 26.7 Å². The Morgan fingerprint density at radius 3 is 2.45 bits per heavy atom. The van der Waals surface area contributed by atoms with Crippen molar-refractivity contribution >= 4 is 17.7 Å². The lowest BCUT2D eigenvalue weighted by atomic mass is 9.85. The number of hydrogen-bond acceptors (Lipinski definition) is 4. The minimum atomic E-state index is -0.406. The lowest BCUT2D eigenvalue weighted by molar-refractivity contribution is -0.136. The van der Waals surface area contributed by atoms with Crippen LogP contribution in [0.5, 0.6) is 5.75 Å². The molecule has 0 unspecified atom stereocenters. The molecule has 0 bridgehead atoms. The van der Waals surface area contributed by atoms with Crippen molar-refractivity contribution in [1.82, 2.24) is 14.7 Å². The lowest BCUT2D eigenvalue weighted by Crippen LogP contribution is -2.46. The van der Waals surface area contributed by atoms with Crippen molar-refractivity contribution in [3.05, 3.63) is 29.8 Å². The normalized spacial score (nSPS) is 22.4. The monoisotopic (exact) mass is 401 g/mol. The van der Waals surface area contributed by atoms with Crippen molar-refractivity contribution < 1.29 is 19.1 Å². The topological polar surface area (TPSA) is 70.2 Å². The Labute approximate surface area is 172 Å². The fourth-order valence-corrected chi connectivity index (χ4v) is 4.41. The van der Waals surface area contributed by atoms with Gasteiger partial charge in [0.2, 0.25) is 17.7 Å². The molecule has 1 spiro atoms. The minimum absolute atomic E-state index is 0.0125. The number of methoxy groups -OCH3 is 1. The van der Waals surface area contributed by atoms with Crippen LogP contribution >= 0.6 is 0 Å². The Kier molecular flexibility index (Phi) is 6.15. The summed E-state index contributed by atoms with van der Waals surface area (Å²) in [5.74, 6) is 0.774. The Morgan fingerprint density at radius 1 is 1.14 bits per heavy atom. The second-order valence-corrected chi connectivity index (χ2v) is 8.68. The van der Waals surface area contributed by atoms with Gasteiger partial charge in [0.1, 0.15) is 5.75 Å². The molecule has 7 heteroatoms. The van der Waals surface area contributed by atoms with E-state index in [4.69, 9.17) is 4.74 Å². The molecule has 158 valence electrons. The minimum Gasteiger partial charge on any atom is -0.497 e. The number of nitrogens with zero attached hydrogens (tertiary/aromatic N) is 3. The molecular weight excluding hydrogens is 370 g/mol. The van der Waals surface area contributed by atoms with Crippen molar-refractivity contribution in [2.24, 2.45) is 11.3 Å². The van der Waals surface area contributed by atoms with E-state index in [-0.39, 0.29) is 30.1 Å². The second-order valence-electron chi connectivity index (χ2n) is 8.68. The number of hydrogen-bond donors (Lipinski definition) is 0. The van der Waals surface area contributed by atoms with Gasteiger partial charge in [0.25, 0.3) is 0 Å². The average molecular weight is 402 g/mol. The number of benzene rings is 1. The average Bonchev–Trinajstić information content (AvgIpc) is 2.85. The highest BCUT2D eigenvalue weighted by molar-refractivity contribution is 5.82. The van der Waals surface area contributed by atoms with E-state index < -0.39 is 5.41 Å². The van der Waals surface area contributed by atoms with Gasteiger partial charge in [-0.3, -0.25) is 14.4 Å². The molecule has 2 heterocycles. The van der Waals surface area contributed by atoms with Gasteiger partial charge in [0.15, 0.2) is 0 Å². The number of carbonyl (C=O) groups excluding carboxylic acids is 3. The molecule has 2 saturated heterocycles. The molecule has 0 saturated carbocycles. The van der Waals surface area contributed by atoms with E-state index in [1.165, 1.54) is 0 Å². The summed E-state index contributed by atoms with van der Waals surface area (Å²) in [7, 11) is 3.40. The van der Waals surface area contributed by atoms with Crippen LogP contribution in [-0.4, -0.2) is 79.3 Å². The first-order valence-electron chi connectivity index (χ1n) is 10.2. The van der Waals surface area contributed by atoms with Crippen LogP contribution in [0.15, 0.2) is 24.3 Å². The van der Waals surface area contributed by atoms with E-state index in [1.807, 2.05) is 47.9 Å². The van der Waals surface area contributed by atoms with Crippen molar-refractivity contribution in [1.29, 1.82) is 0 Å². The van der Waals surface area contributed by atoms with Crippen molar-refractivity contribution in [2.75, 3.05) is 46.9 Å². The lowest BCUT2D eigenvalue weighted by Gasteiger charge is -2.33. The highest BCUT2D eigenvalue weighted by Gasteiger charge is 2.47. The molecule has 2 aliphatic rings. The van der Waals surface area contributed by atoms with Crippen molar-refractivity contribution in [3.8, 4) is 5.75 Å². The highest BCUT2D eigenvalue weighted by atomic mass is 16.5. The number of rotatable bonds is 4. The molecule has 0 N–H and O–H groups in total. The van der Waals surface area contributed by atoms with Gasteiger partial charge in [-0.1, -0.05) is 26.0 Å². The standard InChI is InChI=1S/C22H31N3O4/c1-16(2)21(28)25-9-8-24(14-22(15-25)12-20(27)23(3)13-22)19(26)11-17-6-5-7-18(10-17)29-4/h5-7,10,16H,8-9,11-15H2,1-4H3/t22-/m1/s1. The van der Waals surface area contributed by atoms with Gasteiger partial charge in [-0.2, -0.15) is 0 Å². The largest absolute Gasteiger partial charge is 0.497 e. The van der Waals surface area contributed by atoms with Crippen LogP contribution in [0.3, 0.4) is 0 Å². The van der Waals surface area contributed by atoms with Crippen molar-refractivity contribution in [3.63, 3.8) is 0 Å². The molecule has 0 aliphatic carbocycles. The number of amides is 3. The van der Waals surface area contributed by atoms with E-state index >= 15 is 0 Å². The third-order valence-corrected chi connectivity index (χ3v) is 5.86. The van der Waals surface area contributed by atoms with Gasteiger partial charge < -0.3 is 19.4 Å². The molecule has 2 fully saturated rings. The fraction of sp³-hybridized carbons (Fsp3) is 0.591. The Morgan fingerprint density at radius 2 is 1.83 bits per heavy atom. The second kappa shape index (κ2) is 8.43. The summed E-state index contributed by atoms with van der Waals surface area (Å²) in [5, 5.41) is 0. The summed E-state index contributed by atoms with van der Waals surface area (Å²) >= 11 is 0. The SMILES string of the molecule is COc1cccc(CC(=O)N2CCN(C(=O)C(C)C)C[C@@]3(CC(=O)N(C)C3)C2)c1. The zero-order chi connectivity index (χ0) is 21.2. The predicted molar refractivity (Wildman–Crippen MR) is 109 cm³/mol. The summed E-state index contributed by atoms with van der Waals surface area (Å²) in [6, 6.07) is 7.51. The molecule has 3 amide bonds. The van der Waals surface area contributed by atoms with Gasteiger partial charge in [-0.25, -0.2) is 0 Å². The van der Waals surface area contributed by atoms with Gasteiger partial charge in [0.05, 0.1) is 13.5 Å². The summed E-state index contributed by atoms with van der Waals surface area (Å²) < 4.78 is 5.25. The maximum atomic E-state index is 13.1. The first-order chi connectivity index (χ1) is 13.7. The number of ether oxygens (including phenoxy) is 1. The van der Waals surface area contributed by atoms with Crippen LogP contribution in [0.1, 0.15) is 25.8 Å². The first-order valence-corrected chi connectivity index (χ1v) is 10.2. The number of carbonyl (C=O) groups is 3. The maximum Gasteiger partial charge on any atom is 0.227 e. The van der Waals surface area contributed by atoms with E-state index in [2.05, 4.69) is 0 Å². The molecule has 0 aromatic heterocycles. The quantitative estimate of drug-likeness (QED) is 0.765. The molecule has 2 aliphatic heterocycles. The molecule has 1 aromatic carbocycles. The van der Waals surface area contributed by atoms with Crippen LogP contribution in [0, 0.1) is 11.3 Å². The highest BCUT2D eigenvalue weighted by Crippen LogP contribution is 2.35. The molecule has 1 aromatic rings. The van der Waals surface area contributed by atoms with Crippen LogP contribution < -0.4 is 4.74 Å². The summed E-state index contributed by atoms with van der Waals surface area (Å²) in [6.45, 7) is 6.34. The Bertz CT molecular complexity index is 794. The van der Waals surface area contributed by atoms with Crippen LogP contribution in [0.2, 0.25) is 0 Å². The molecule has 29 heavy (non-hydrogen) atoms. The number of likely N-dealkylation sites (tertiary alicyclic amines) is 1. The van der Waals surface area contributed by atoms with E-state index in [0.29, 0.717) is 39.1 Å². The summed E-state index contributed by atoms with van der Waals surface area (Å²) in [5.41, 5.74) is 0.485. The molecule has 0 radical (unpaired) electrons. The predicted octanol–water partition coefficient (Wildman–Crippen LogP) is 1.41. The smallest absolute Gasteiger partial charge is 0.227 e. The Hall–Kier alpha value is -2.57. The first kappa shape index (κ1) is 21.1. The van der Waals surface area contributed by atoms with Crippen LogP contribution in [0.4, 0.5) is 0 Å². The van der Waals surface area contributed by atoms with E-state index in [0.717, 1.165) is 11.3 Å². The molecule has 7 nitrogen and oxygen atoms in total. The Balaban J connectivity index is 1.80. The zero-order valence-corrected chi connectivity index (χ0v) is 17.8. The maximum absolute atomic E-state index is 13.1. The fourth-order valence-electron chi connectivity index (χ4n) is 4.41. The van der Waals surface area contributed by atoms with E-state index in [1.54, 1.807) is 19.1 Å². The van der Waals surface area contributed by atoms with Crippen LogP contribution in [-0.2, 0) is 20.8 Å². The van der Waals surface area contributed by atoms with Crippen LogP contribution in [0.25, 0.3) is 0 Å². The van der Waals surface area contributed by atoms with Gasteiger partial charge in [-0.05, 0) is 17.7 Å². The molecule has 3 rings (SSSR count). The molecule has 1 atom stereocenters. The zero-order valence-electron chi connectivity index (χ0n) is 17.8. The van der Waals surface area contributed by atoms with E-state index in [9.17, 15) is 14.4 Å². The van der Waals surface area contributed by atoms with Gasteiger partial charge in [0, 0.05) is 57.5 Å².